The number of fused-ring (bicyclic) bond motifs is 1. The van der Waals surface area contributed by atoms with Gasteiger partial charge in [-0.15, -0.1) is 0 Å². The molecule has 0 aliphatic heterocycles. The summed E-state index contributed by atoms with van der Waals surface area (Å²) in [7, 11) is 0. The molecule has 0 saturated heterocycles. The Balaban J connectivity index is 1.82. The number of benzene rings is 1. The number of aliphatic hydroxyl groups excluding tert-OH is 1. The number of nitro groups is 1. The third-order valence-corrected chi connectivity index (χ3v) is 4.04. The number of hydrogen-bond donors (Lipinski definition) is 2. The van der Waals surface area contributed by atoms with Gasteiger partial charge in [-0.3, -0.25) is 10.1 Å². The summed E-state index contributed by atoms with van der Waals surface area (Å²) in [5.74, 6) is 0. The van der Waals surface area contributed by atoms with Gasteiger partial charge in [0.2, 0.25) is 0 Å². The van der Waals surface area contributed by atoms with E-state index in [4.69, 9.17) is 9.47 Å². The first-order valence-electron chi connectivity index (χ1n) is 8.72. The number of hydrogen-bond acceptors (Lipinski definition) is 6. The largest absolute Gasteiger partial charge is 0.444 e. The average molecular weight is 366 g/mol. The van der Waals surface area contributed by atoms with Gasteiger partial charge in [0.15, 0.2) is 0 Å². The van der Waals surface area contributed by atoms with Crippen molar-refractivity contribution in [1.29, 1.82) is 0 Å². The van der Waals surface area contributed by atoms with Crippen LogP contribution in [0.25, 0.3) is 0 Å². The fraction of sp³-hybridized carbons (Fsp3) is 0.611. The number of nitrogens with one attached hydrogen (secondary N) is 1. The lowest BCUT2D eigenvalue weighted by atomic mass is 9.86. The van der Waals surface area contributed by atoms with Crippen molar-refractivity contribution in [2.75, 3.05) is 13.2 Å². The smallest absolute Gasteiger partial charge is 0.407 e. The van der Waals surface area contributed by atoms with Gasteiger partial charge in [0.1, 0.15) is 11.7 Å². The fourth-order valence-electron chi connectivity index (χ4n) is 2.95. The van der Waals surface area contributed by atoms with Crippen molar-refractivity contribution >= 4 is 11.8 Å². The molecule has 0 spiro atoms. The minimum absolute atomic E-state index is 0.0742. The first kappa shape index (κ1) is 20.1. The van der Waals surface area contributed by atoms with Gasteiger partial charge in [-0.2, -0.15) is 0 Å². The molecule has 2 rings (SSSR count). The standard InChI is InChI=1S/C18H26N2O6/c1-18(2,3)26-17(22)19-10-5-11-25-14-9-8-12-6-4-7-13(20(23)24)15(12)16(14)21/h4,6-7,14,16,21H,5,8-11H2,1-3H3,(H,19,22). The minimum atomic E-state index is -1.03. The molecule has 8 nitrogen and oxygen atoms in total. The van der Waals surface area contributed by atoms with Crippen LogP contribution in [0.4, 0.5) is 10.5 Å². The Bertz CT molecular complexity index is 656. The summed E-state index contributed by atoms with van der Waals surface area (Å²) in [6, 6.07) is 4.83. The third-order valence-electron chi connectivity index (χ3n) is 4.04. The highest BCUT2D eigenvalue weighted by molar-refractivity contribution is 5.67. The maximum absolute atomic E-state index is 11.5. The van der Waals surface area contributed by atoms with Gasteiger partial charge in [-0.05, 0) is 45.6 Å². The number of amides is 1. The highest BCUT2D eigenvalue weighted by Gasteiger charge is 2.34. The van der Waals surface area contributed by atoms with Gasteiger partial charge in [0.25, 0.3) is 5.69 Å². The maximum Gasteiger partial charge on any atom is 0.407 e. The summed E-state index contributed by atoms with van der Waals surface area (Å²) >= 11 is 0. The van der Waals surface area contributed by atoms with E-state index in [2.05, 4.69) is 5.32 Å². The molecule has 1 aromatic rings. The van der Waals surface area contributed by atoms with Crippen molar-refractivity contribution in [3.05, 3.63) is 39.4 Å². The van der Waals surface area contributed by atoms with E-state index in [0.29, 0.717) is 38.0 Å². The van der Waals surface area contributed by atoms with Crippen LogP contribution < -0.4 is 5.32 Å². The van der Waals surface area contributed by atoms with Crippen LogP contribution in [-0.4, -0.2) is 41.0 Å². The molecule has 1 aliphatic rings. The van der Waals surface area contributed by atoms with Crippen LogP contribution in [-0.2, 0) is 15.9 Å². The lowest BCUT2D eigenvalue weighted by molar-refractivity contribution is -0.386. The predicted octanol–water partition coefficient (Wildman–Crippen LogP) is 2.87. The van der Waals surface area contributed by atoms with E-state index in [-0.39, 0.29) is 5.69 Å². The third kappa shape index (κ3) is 5.40. The molecule has 2 atom stereocenters. The Morgan fingerprint density at radius 2 is 2.15 bits per heavy atom. The summed E-state index contributed by atoms with van der Waals surface area (Å²) < 4.78 is 10.8. The minimum Gasteiger partial charge on any atom is -0.444 e. The molecule has 0 radical (unpaired) electrons. The normalized spacial score (nSPS) is 19.5. The molecule has 0 saturated carbocycles. The van der Waals surface area contributed by atoms with E-state index < -0.39 is 28.8 Å². The molecule has 0 heterocycles. The van der Waals surface area contributed by atoms with Crippen molar-refractivity contribution in [1.82, 2.24) is 5.32 Å². The van der Waals surface area contributed by atoms with Crippen molar-refractivity contribution in [3.63, 3.8) is 0 Å². The van der Waals surface area contributed by atoms with Crippen molar-refractivity contribution in [2.45, 2.75) is 57.8 Å². The molecular weight excluding hydrogens is 340 g/mol. The number of aryl methyl sites for hydroxylation is 1. The molecule has 144 valence electrons. The van der Waals surface area contributed by atoms with E-state index >= 15 is 0 Å². The second-order valence-corrected chi connectivity index (χ2v) is 7.28. The number of carbonyl (C=O) groups is 1. The van der Waals surface area contributed by atoms with Crippen molar-refractivity contribution < 1.29 is 24.3 Å². The number of rotatable bonds is 6. The second-order valence-electron chi connectivity index (χ2n) is 7.28. The molecule has 26 heavy (non-hydrogen) atoms. The lowest BCUT2D eigenvalue weighted by Gasteiger charge is -2.29. The molecule has 1 aliphatic carbocycles. The van der Waals surface area contributed by atoms with Crippen LogP contribution in [0.1, 0.15) is 50.8 Å². The summed E-state index contributed by atoms with van der Waals surface area (Å²) in [6.45, 7) is 6.08. The summed E-state index contributed by atoms with van der Waals surface area (Å²) in [5.41, 5.74) is 0.517. The predicted molar refractivity (Wildman–Crippen MR) is 95.0 cm³/mol. The van der Waals surface area contributed by atoms with Crippen LogP contribution in [0, 0.1) is 10.1 Å². The lowest BCUT2D eigenvalue weighted by Crippen LogP contribution is -2.34. The summed E-state index contributed by atoms with van der Waals surface area (Å²) in [6.07, 6.45) is -0.250. The highest BCUT2D eigenvalue weighted by Crippen LogP contribution is 2.37. The number of nitro benzene ring substituents is 1. The zero-order chi connectivity index (χ0) is 19.3. The first-order chi connectivity index (χ1) is 12.2. The average Bonchev–Trinajstić information content (AvgIpc) is 2.54. The van der Waals surface area contributed by atoms with E-state index in [0.717, 1.165) is 5.56 Å². The van der Waals surface area contributed by atoms with Crippen LogP contribution in [0.15, 0.2) is 18.2 Å². The number of aliphatic hydroxyl groups is 1. The molecule has 2 unspecified atom stereocenters. The molecule has 2 N–H and O–H groups in total. The fourth-order valence-corrected chi connectivity index (χ4v) is 2.95. The van der Waals surface area contributed by atoms with Gasteiger partial charge in [-0.1, -0.05) is 12.1 Å². The van der Waals surface area contributed by atoms with Crippen LogP contribution in [0.5, 0.6) is 0 Å². The Kier molecular flexibility index (Phi) is 6.55. The van der Waals surface area contributed by atoms with Crippen molar-refractivity contribution in [2.24, 2.45) is 0 Å². The van der Waals surface area contributed by atoms with Crippen LogP contribution in [0.2, 0.25) is 0 Å². The van der Waals surface area contributed by atoms with Gasteiger partial charge in [0.05, 0.1) is 16.6 Å². The molecule has 0 fully saturated rings. The number of ether oxygens (including phenoxy) is 2. The van der Waals surface area contributed by atoms with Gasteiger partial charge >= 0.3 is 6.09 Å². The quantitative estimate of drug-likeness (QED) is 0.455. The number of nitrogens with zero attached hydrogens (tertiary/aromatic N) is 1. The monoisotopic (exact) mass is 366 g/mol. The Morgan fingerprint density at radius 1 is 1.42 bits per heavy atom. The Labute approximate surface area is 152 Å². The summed E-state index contributed by atoms with van der Waals surface area (Å²) in [5, 5.41) is 24.3. The molecule has 1 aromatic carbocycles. The second kappa shape index (κ2) is 8.46. The van der Waals surface area contributed by atoms with Crippen LogP contribution in [0.3, 0.4) is 0 Å². The SMILES string of the molecule is CC(C)(C)OC(=O)NCCCOC1CCc2cccc([N+](=O)[O-])c2C1O. The highest BCUT2D eigenvalue weighted by atomic mass is 16.6. The first-order valence-corrected chi connectivity index (χ1v) is 8.72. The maximum atomic E-state index is 11.5. The van der Waals surface area contributed by atoms with Gasteiger partial charge in [-0.25, -0.2) is 4.79 Å². The van der Waals surface area contributed by atoms with Gasteiger partial charge in [0, 0.05) is 19.2 Å². The molecule has 8 heteroatoms. The zero-order valence-corrected chi connectivity index (χ0v) is 15.4. The van der Waals surface area contributed by atoms with Gasteiger partial charge < -0.3 is 19.9 Å². The molecule has 1 amide bonds. The van der Waals surface area contributed by atoms with Crippen molar-refractivity contribution in [3.8, 4) is 0 Å². The zero-order valence-electron chi connectivity index (χ0n) is 15.4. The topological polar surface area (TPSA) is 111 Å². The number of carbonyl (C=O) groups excluding carboxylic acids is 1. The Morgan fingerprint density at radius 3 is 2.81 bits per heavy atom. The molecule has 0 aromatic heterocycles. The van der Waals surface area contributed by atoms with E-state index in [1.165, 1.54) is 6.07 Å². The number of alkyl carbamates (subject to hydrolysis) is 1. The van der Waals surface area contributed by atoms with E-state index in [1.807, 2.05) is 0 Å². The summed E-state index contributed by atoms with van der Waals surface area (Å²) in [4.78, 5) is 22.2. The molecule has 0 bridgehead atoms. The molecular formula is C18H26N2O6. The Hall–Kier alpha value is -2.19. The van der Waals surface area contributed by atoms with E-state index in [1.54, 1.807) is 32.9 Å². The van der Waals surface area contributed by atoms with E-state index in [9.17, 15) is 20.0 Å². The van der Waals surface area contributed by atoms with Crippen LogP contribution >= 0.6 is 0 Å².